The molecule has 1 aliphatic heterocycles. The molecule has 174 valence electrons. The standard InChI is InChI=1S/C24H16BrCl3N2O3S/c1-32-16-5-3-15(4-6-16)29-24-30-23(31)21(34-24)11-14-8-17(25)22(20(28)10-14)33-12-13-2-7-18(26)19(27)9-13/h2-11H,12H2,1H3,(H,29,30,31)/b21-11+. The number of ether oxygens (including phenoxy) is 2. The third-order valence-corrected chi connectivity index (χ3v) is 7.16. The minimum atomic E-state index is -0.232. The number of hydrogen-bond donors (Lipinski definition) is 1. The summed E-state index contributed by atoms with van der Waals surface area (Å²) < 4.78 is 11.7. The van der Waals surface area contributed by atoms with Gasteiger partial charge in [0.1, 0.15) is 12.4 Å². The molecule has 1 fully saturated rings. The van der Waals surface area contributed by atoms with Gasteiger partial charge >= 0.3 is 0 Å². The Morgan fingerprint density at radius 2 is 1.79 bits per heavy atom. The third-order valence-electron chi connectivity index (χ3n) is 4.64. The number of nitrogens with one attached hydrogen (secondary N) is 1. The molecule has 34 heavy (non-hydrogen) atoms. The van der Waals surface area contributed by atoms with E-state index in [2.05, 4.69) is 26.2 Å². The van der Waals surface area contributed by atoms with Gasteiger partial charge in [0.05, 0.1) is 37.2 Å². The molecule has 1 saturated heterocycles. The predicted molar refractivity (Wildman–Crippen MR) is 144 cm³/mol. The number of carbonyl (C=O) groups excluding carboxylic acids is 1. The lowest BCUT2D eigenvalue weighted by molar-refractivity contribution is -0.115. The highest BCUT2D eigenvalue weighted by atomic mass is 79.9. The topological polar surface area (TPSA) is 59.9 Å². The molecule has 3 aromatic carbocycles. The smallest absolute Gasteiger partial charge is 0.264 e. The summed E-state index contributed by atoms with van der Waals surface area (Å²) in [5.41, 5.74) is 2.30. The van der Waals surface area contributed by atoms with Crippen LogP contribution in [0.3, 0.4) is 0 Å². The average molecular weight is 599 g/mol. The summed E-state index contributed by atoms with van der Waals surface area (Å²) in [7, 11) is 1.60. The van der Waals surface area contributed by atoms with Gasteiger partial charge in [0.2, 0.25) is 0 Å². The van der Waals surface area contributed by atoms with Crippen molar-refractivity contribution in [3.8, 4) is 11.5 Å². The number of aliphatic imine (C=N–C) groups is 1. The number of amides is 1. The van der Waals surface area contributed by atoms with Crippen LogP contribution in [0.25, 0.3) is 6.08 Å². The Kier molecular flexibility index (Phi) is 8.11. The molecule has 1 amide bonds. The second kappa shape index (κ2) is 11.1. The van der Waals surface area contributed by atoms with Crippen LogP contribution in [0.1, 0.15) is 11.1 Å². The summed E-state index contributed by atoms with van der Waals surface area (Å²) in [6, 6.07) is 16.1. The Labute approximate surface area is 224 Å². The Hall–Kier alpha value is -2.16. The van der Waals surface area contributed by atoms with Crippen molar-refractivity contribution in [1.29, 1.82) is 0 Å². The van der Waals surface area contributed by atoms with Crippen molar-refractivity contribution >= 4 is 85.3 Å². The first kappa shape index (κ1) is 24.9. The summed E-state index contributed by atoms with van der Waals surface area (Å²) in [6.07, 6.45) is 1.75. The van der Waals surface area contributed by atoms with E-state index in [0.29, 0.717) is 41.1 Å². The average Bonchev–Trinajstić information content (AvgIpc) is 3.14. The minimum absolute atomic E-state index is 0.232. The molecule has 0 unspecified atom stereocenters. The van der Waals surface area contributed by atoms with E-state index in [-0.39, 0.29) is 12.5 Å². The maximum atomic E-state index is 12.4. The van der Waals surface area contributed by atoms with Crippen molar-refractivity contribution in [3.05, 3.63) is 90.2 Å². The lowest BCUT2D eigenvalue weighted by Gasteiger charge is -2.12. The molecule has 1 aliphatic rings. The van der Waals surface area contributed by atoms with E-state index in [1.165, 1.54) is 11.8 Å². The van der Waals surface area contributed by atoms with Gasteiger partial charge in [-0.15, -0.1) is 0 Å². The molecule has 10 heteroatoms. The highest BCUT2D eigenvalue weighted by Crippen LogP contribution is 2.37. The van der Waals surface area contributed by atoms with Gasteiger partial charge in [-0.3, -0.25) is 4.79 Å². The van der Waals surface area contributed by atoms with E-state index in [4.69, 9.17) is 44.3 Å². The fourth-order valence-electron chi connectivity index (χ4n) is 2.99. The zero-order valence-electron chi connectivity index (χ0n) is 17.6. The Morgan fingerprint density at radius 3 is 2.47 bits per heavy atom. The molecule has 0 atom stereocenters. The lowest BCUT2D eigenvalue weighted by Crippen LogP contribution is -2.19. The van der Waals surface area contributed by atoms with Crippen LogP contribution in [0.5, 0.6) is 11.5 Å². The van der Waals surface area contributed by atoms with Gasteiger partial charge in [0.25, 0.3) is 5.91 Å². The van der Waals surface area contributed by atoms with Gasteiger partial charge in [-0.1, -0.05) is 40.9 Å². The second-order valence-electron chi connectivity index (χ2n) is 7.03. The van der Waals surface area contributed by atoms with Crippen molar-refractivity contribution < 1.29 is 14.3 Å². The fourth-order valence-corrected chi connectivity index (χ4v) is 5.14. The first-order valence-electron chi connectivity index (χ1n) is 9.82. The van der Waals surface area contributed by atoms with Crippen molar-refractivity contribution in [2.75, 3.05) is 7.11 Å². The number of hydrogen-bond acceptors (Lipinski definition) is 5. The van der Waals surface area contributed by atoms with E-state index in [1.54, 1.807) is 31.4 Å². The van der Waals surface area contributed by atoms with Gasteiger partial charge in [-0.25, -0.2) is 4.99 Å². The van der Waals surface area contributed by atoms with Gasteiger partial charge < -0.3 is 14.8 Å². The van der Waals surface area contributed by atoms with Crippen molar-refractivity contribution in [1.82, 2.24) is 5.32 Å². The summed E-state index contributed by atoms with van der Waals surface area (Å²) in [5, 5.41) is 4.60. The van der Waals surface area contributed by atoms with Crippen LogP contribution < -0.4 is 14.8 Å². The van der Waals surface area contributed by atoms with E-state index in [1.807, 2.05) is 36.4 Å². The highest BCUT2D eigenvalue weighted by Gasteiger charge is 2.24. The molecule has 0 bridgehead atoms. The largest absolute Gasteiger partial charge is 0.497 e. The normalized spacial score (nSPS) is 15.6. The van der Waals surface area contributed by atoms with Gasteiger partial charge in [-0.2, -0.15) is 0 Å². The summed E-state index contributed by atoms with van der Waals surface area (Å²) in [5.74, 6) is 0.990. The fraction of sp³-hybridized carbons (Fsp3) is 0.0833. The van der Waals surface area contributed by atoms with Crippen LogP contribution in [-0.2, 0) is 11.4 Å². The molecule has 5 nitrogen and oxygen atoms in total. The number of methoxy groups -OCH3 is 1. The van der Waals surface area contributed by atoms with E-state index < -0.39 is 0 Å². The Bertz CT molecular complexity index is 1290. The van der Waals surface area contributed by atoms with E-state index in [9.17, 15) is 4.79 Å². The molecule has 0 aliphatic carbocycles. The molecule has 0 saturated carbocycles. The molecule has 1 N–H and O–H groups in total. The van der Waals surface area contributed by atoms with Crippen molar-refractivity contribution in [2.24, 2.45) is 4.99 Å². The predicted octanol–water partition coefficient (Wildman–Crippen LogP) is 7.89. The Morgan fingerprint density at radius 1 is 1.03 bits per heavy atom. The van der Waals surface area contributed by atoms with Crippen LogP contribution in [-0.4, -0.2) is 18.2 Å². The SMILES string of the molecule is COc1ccc(N=C2NC(=O)/C(=C\c3cc(Cl)c(OCc4ccc(Cl)c(Cl)c4)c(Br)c3)S2)cc1. The number of carbonyl (C=O) groups is 1. The summed E-state index contributed by atoms with van der Waals surface area (Å²) in [6.45, 7) is 0.263. The lowest BCUT2D eigenvalue weighted by atomic mass is 10.2. The molecule has 1 heterocycles. The molecule has 0 aromatic heterocycles. The van der Waals surface area contributed by atoms with Crippen LogP contribution >= 0.6 is 62.5 Å². The zero-order valence-corrected chi connectivity index (χ0v) is 22.2. The van der Waals surface area contributed by atoms with Crippen molar-refractivity contribution in [3.63, 3.8) is 0 Å². The van der Waals surface area contributed by atoms with Crippen LogP contribution in [0.15, 0.2) is 69.0 Å². The van der Waals surface area contributed by atoms with Crippen molar-refractivity contribution in [2.45, 2.75) is 6.61 Å². The minimum Gasteiger partial charge on any atom is -0.497 e. The molecule has 3 aromatic rings. The first-order valence-corrected chi connectivity index (χ1v) is 12.6. The maximum absolute atomic E-state index is 12.4. The quantitative estimate of drug-likeness (QED) is 0.293. The van der Waals surface area contributed by atoms with Crippen LogP contribution in [0, 0.1) is 0 Å². The van der Waals surface area contributed by atoms with Gasteiger partial charge in [0.15, 0.2) is 10.9 Å². The number of amidine groups is 1. The molecular weight excluding hydrogens is 583 g/mol. The third kappa shape index (κ3) is 6.09. The molecule has 4 rings (SSSR count). The van der Waals surface area contributed by atoms with Crippen LogP contribution in [0.2, 0.25) is 15.1 Å². The second-order valence-corrected chi connectivity index (χ2v) is 10.1. The van der Waals surface area contributed by atoms with E-state index in [0.717, 1.165) is 16.9 Å². The van der Waals surface area contributed by atoms with Crippen LogP contribution in [0.4, 0.5) is 5.69 Å². The number of rotatable bonds is 6. The summed E-state index contributed by atoms with van der Waals surface area (Å²) >= 11 is 23.2. The first-order chi connectivity index (χ1) is 16.3. The highest BCUT2D eigenvalue weighted by molar-refractivity contribution is 9.10. The monoisotopic (exact) mass is 596 g/mol. The number of thioether (sulfide) groups is 1. The number of benzene rings is 3. The molecular formula is C24H16BrCl3N2O3S. The number of nitrogens with zero attached hydrogens (tertiary/aromatic N) is 1. The maximum Gasteiger partial charge on any atom is 0.264 e. The number of halogens is 4. The molecule has 0 spiro atoms. The summed E-state index contributed by atoms with van der Waals surface area (Å²) in [4.78, 5) is 17.4. The van der Waals surface area contributed by atoms with Gasteiger partial charge in [-0.05, 0) is 93.4 Å². The molecule has 0 radical (unpaired) electrons. The zero-order chi connectivity index (χ0) is 24.2. The van der Waals surface area contributed by atoms with Gasteiger partial charge in [0, 0.05) is 0 Å². The van der Waals surface area contributed by atoms with E-state index >= 15 is 0 Å². The Balaban J connectivity index is 1.48.